The van der Waals surface area contributed by atoms with Gasteiger partial charge in [-0.05, 0) is 61.0 Å². The second kappa shape index (κ2) is 11.5. The maximum Gasteiger partial charge on any atom is 0.347 e. The fourth-order valence-corrected chi connectivity index (χ4v) is 4.28. The maximum atomic E-state index is 12.5. The average molecular weight is 496 g/mol. The Hall–Kier alpha value is -4.45. The molecule has 37 heavy (non-hydrogen) atoms. The highest BCUT2D eigenvalue weighted by Crippen LogP contribution is 2.45. The number of anilines is 2. The van der Waals surface area contributed by atoms with Crippen molar-refractivity contribution in [1.82, 2.24) is 0 Å². The third-order valence-electron chi connectivity index (χ3n) is 6.03. The van der Waals surface area contributed by atoms with Gasteiger partial charge in [-0.15, -0.1) is 0 Å². The Morgan fingerprint density at radius 2 is 1.41 bits per heavy atom. The van der Waals surface area contributed by atoms with Crippen LogP contribution in [-0.4, -0.2) is 31.8 Å². The van der Waals surface area contributed by atoms with Crippen LogP contribution in [0, 0.1) is 0 Å². The highest BCUT2D eigenvalue weighted by molar-refractivity contribution is 5.77. The molecule has 1 aliphatic rings. The van der Waals surface area contributed by atoms with Crippen LogP contribution in [-0.2, 0) is 16.0 Å². The highest BCUT2D eigenvalue weighted by Gasteiger charge is 2.24. The molecule has 0 saturated heterocycles. The first-order valence-electron chi connectivity index (χ1n) is 12.4. The second-order valence-corrected chi connectivity index (χ2v) is 8.56. The SMILES string of the molecule is CCOC(=O)C(Cc1ccc(OCCN2c3ccccc3Oc3ccccc32)cc1)Oc1ccccc1. The van der Waals surface area contributed by atoms with Gasteiger partial charge in [0.15, 0.2) is 17.6 Å². The van der Waals surface area contributed by atoms with Gasteiger partial charge in [0.05, 0.1) is 24.5 Å². The minimum Gasteiger partial charge on any atom is -0.492 e. The van der Waals surface area contributed by atoms with Crippen LogP contribution in [0.4, 0.5) is 11.4 Å². The molecule has 0 radical (unpaired) electrons. The molecule has 0 aromatic heterocycles. The van der Waals surface area contributed by atoms with Gasteiger partial charge in [-0.2, -0.15) is 0 Å². The minimum atomic E-state index is -0.726. The molecular weight excluding hydrogens is 466 g/mol. The van der Waals surface area contributed by atoms with E-state index < -0.39 is 6.10 Å². The maximum absolute atomic E-state index is 12.5. The quantitative estimate of drug-likeness (QED) is 0.232. The molecule has 0 fully saturated rings. The number of para-hydroxylation sites is 5. The fraction of sp³-hybridized carbons (Fsp3) is 0.194. The van der Waals surface area contributed by atoms with E-state index >= 15 is 0 Å². The zero-order valence-electron chi connectivity index (χ0n) is 20.7. The summed E-state index contributed by atoms with van der Waals surface area (Å²) in [5, 5.41) is 0. The number of benzene rings is 4. The van der Waals surface area contributed by atoms with E-state index in [1.165, 1.54) is 0 Å². The monoisotopic (exact) mass is 495 g/mol. The van der Waals surface area contributed by atoms with Crippen LogP contribution in [0.5, 0.6) is 23.0 Å². The predicted molar refractivity (Wildman–Crippen MR) is 143 cm³/mol. The van der Waals surface area contributed by atoms with E-state index in [9.17, 15) is 4.79 Å². The molecule has 6 heteroatoms. The van der Waals surface area contributed by atoms with E-state index in [4.69, 9.17) is 18.9 Å². The fourth-order valence-electron chi connectivity index (χ4n) is 4.28. The molecule has 0 aliphatic carbocycles. The molecule has 0 N–H and O–H groups in total. The van der Waals surface area contributed by atoms with Crippen LogP contribution in [0.15, 0.2) is 103 Å². The van der Waals surface area contributed by atoms with Gasteiger partial charge in [-0.3, -0.25) is 0 Å². The van der Waals surface area contributed by atoms with Gasteiger partial charge in [-0.25, -0.2) is 4.79 Å². The summed E-state index contributed by atoms with van der Waals surface area (Å²) < 4.78 is 23.3. The van der Waals surface area contributed by atoms with Crippen LogP contribution >= 0.6 is 0 Å². The number of esters is 1. The van der Waals surface area contributed by atoms with Crippen molar-refractivity contribution in [1.29, 1.82) is 0 Å². The summed E-state index contributed by atoms with van der Waals surface area (Å²) in [6.07, 6.45) is -0.328. The number of carbonyl (C=O) groups excluding carboxylic acids is 1. The number of nitrogens with zero attached hydrogens (tertiary/aromatic N) is 1. The molecule has 188 valence electrons. The molecule has 0 saturated carbocycles. The Bertz CT molecular complexity index is 1280. The standard InChI is InChI=1S/C31H29NO5/c1-2-34-31(33)30(36-25-10-4-3-5-11-25)22-23-16-18-24(19-17-23)35-21-20-32-26-12-6-8-14-28(26)37-29-15-9-7-13-27(29)32/h3-19,30H,2,20-22H2,1H3. The first-order chi connectivity index (χ1) is 18.2. The van der Waals surface area contributed by atoms with Crippen molar-refractivity contribution in [3.8, 4) is 23.0 Å². The van der Waals surface area contributed by atoms with Crippen LogP contribution < -0.4 is 19.1 Å². The van der Waals surface area contributed by atoms with Crippen molar-refractivity contribution in [2.45, 2.75) is 19.4 Å². The summed E-state index contributed by atoms with van der Waals surface area (Å²) in [6.45, 7) is 3.25. The summed E-state index contributed by atoms with van der Waals surface area (Å²) in [5.74, 6) is 2.68. The average Bonchev–Trinajstić information content (AvgIpc) is 2.94. The van der Waals surface area contributed by atoms with Gasteiger partial charge in [0.2, 0.25) is 0 Å². The zero-order valence-corrected chi connectivity index (χ0v) is 20.7. The lowest BCUT2D eigenvalue weighted by molar-refractivity contribution is -0.151. The van der Waals surface area contributed by atoms with Gasteiger partial charge in [0, 0.05) is 6.42 Å². The first-order valence-corrected chi connectivity index (χ1v) is 12.4. The van der Waals surface area contributed by atoms with Crippen molar-refractivity contribution in [2.24, 2.45) is 0 Å². The second-order valence-electron chi connectivity index (χ2n) is 8.56. The molecule has 0 amide bonds. The summed E-state index contributed by atoms with van der Waals surface area (Å²) in [5.41, 5.74) is 2.99. The van der Waals surface area contributed by atoms with Crippen LogP contribution in [0.2, 0.25) is 0 Å². The number of ether oxygens (including phenoxy) is 4. The molecule has 1 atom stereocenters. The third-order valence-corrected chi connectivity index (χ3v) is 6.03. The molecule has 5 rings (SSSR count). The lowest BCUT2D eigenvalue weighted by Crippen LogP contribution is -2.31. The first kappa shape index (κ1) is 24.3. The van der Waals surface area contributed by atoms with Gasteiger partial charge in [0.1, 0.15) is 18.1 Å². The summed E-state index contributed by atoms with van der Waals surface area (Å²) in [4.78, 5) is 14.7. The lowest BCUT2D eigenvalue weighted by atomic mass is 10.1. The van der Waals surface area contributed by atoms with Gasteiger partial charge in [-0.1, -0.05) is 54.6 Å². The molecule has 0 bridgehead atoms. The molecular formula is C31H29NO5. The molecule has 4 aromatic rings. The number of hydrogen-bond donors (Lipinski definition) is 0. The molecule has 6 nitrogen and oxygen atoms in total. The van der Waals surface area contributed by atoms with Crippen LogP contribution in [0.1, 0.15) is 12.5 Å². The summed E-state index contributed by atoms with van der Waals surface area (Å²) >= 11 is 0. The van der Waals surface area contributed by atoms with E-state index in [0.29, 0.717) is 31.9 Å². The number of rotatable bonds is 10. The van der Waals surface area contributed by atoms with Crippen molar-refractivity contribution >= 4 is 17.3 Å². The van der Waals surface area contributed by atoms with E-state index in [0.717, 1.165) is 34.2 Å². The zero-order chi connectivity index (χ0) is 25.5. The van der Waals surface area contributed by atoms with Crippen molar-refractivity contribution < 1.29 is 23.7 Å². The van der Waals surface area contributed by atoms with E-state index in [1.807, 2.05) is 91.0 Å². The molecule has 1 aliphatic heterocycles. The summed E-state index contributed by atoms with van der Waals surface area (Å²) in [6, 6.07) is 33.1. The Morgan fingerprint density at radius 1 is 0.784 bits per heavy atom. The summed E-state index contributed by atoms with van der Waals surface area (Å²) in [7, 11) is 0. The topological polar surface area (TPSA) is 57.2 Å². The van der Waals surface area contributed by atoms with Gasteiger partial charge < -0.3 is 23.8 Å². The minimum absolute atomic E-state index is 0.304. The highest BCUT2D eigenvalue weighted by atomic mass is 16.6. The van der Waals surface area contributed by atoms with Crippen LogP contribution in [0.3, 0.4) is 0 Å². The number of fused-ring (bicyclic) bond motifs is 2. The van der Waals surface area contributed by atoms with Gasteiger partial charge >= 0.3 is 5.97 Å². The molecule has 1 unspecified atom stereocenters. The Balaban J connectivity index is 1.22. The molecule has 1 heterocycles. The van der Waals surface area contributed by atoms with Crippen molar-refractivity contribution in [3.63, 3.8) is 0 Å². The van der Waals surface area contributed by atoms with Crippen molar-refractivity contribution in [3.05, 3.63) is 109 Å². The predicted octanol–water partition coefficient (Wildman–Crippen LogP) is 6.56. The smallest absolute Gasteiger partial charge is 0.347 e. The Morgan fingerprint density at radius 3 is 2.05 bits per heavy atom. The molecule has 0 spiro atoms. The Kier molecular flexibility index (Phi) is 7.55. The number of hydrogen-bond acceptors (Lipinski definition) is 6. The van der Waals surface area contributed by atoms with E-state index in [1.54, 1.807) is 6.92 Å². The largest absolute Gasteiger partial charge is 0.492 e. The number of carbonyl (C=O) groups is 1. The molecule has 4 aromatic carbocycles. The van der Waals surface area contributed by atoms with E-state index in [-0.39, 0.29) is 5.97 Å². The van der Waals surface area contributed by atoms with Crippen molar-refractivity contribution in [2.75, 3.05) is 24.7 Å². The third kappa shape index (κ3) is 5.86. The lowest BCUT2D eigenvalue weighted by Gasteiger charge is -2.32. The Labute approximate surface area is 217 Å². The van der Waals surface area contributed by atoms with E-state index in [2.05, 4.69) is 17.0 Å². The van der Waals surface area contributed by atoms with Gasteiger partial charge in [0.25, 0.3) is 0 Å². The normalized spacial score (nSPS) is 12.5. The van der Waals surface area contributed by atoms with Crippen LogP contribution in [0.25, 0.3) is 0 Å².